The van der Waals surface area contributed by atoms with Gasteiger partial charge in [-0.3, -0.25) is 19.8 Å². The van der Waals surface area contributed by atoms with Crippen LogP contribution in [0.25, 0.3) is 0 Å². The molecule has 2 unspecified atom stereocenters. The number of hydrogen-bond acceptors (Lipinski definition) is 6. The average molecular weight is 421 g/mol. The Morgan fingerprint density at radius 3 is 2.84 bits per heavy atom. The molecule has 0 spiro atoms. The predicted octanol–water partition coefficient (Wildman–Crippen LogP) is 2.91. The second-order valence-electron chi connectivity index (χ2n) is 9.65. The van der Waals surface area contributed by atoms with Crippen molar-refractivity contribution >= 4 is 5.84 Å². The first-order valence-corrected chi connectivity index (χ1v) is 12.0. The molecule has 31 heavy (non-hydrogen) atoms. The van der Waals surface area contributed by atoms with Gasteiger partial charge in [0.1, 0.15) is 11.7 Å². The fourth-order valence-corrected chi connectivity index (χ4v) is 5.57. The van der Waals surface area contributed by atoms with E-state index in [4.69, 9.17) is 9.98 Å². The van der Waals surface area contributed by atoms with Crippen molar-refractivity contribution in [3.05, 3.63) is 53.6 Å². The highest BCUT2D eigenvalue weighted by Crippen LogP contribution is 2.33. The zero-order valence-corrected chi connectivity index (χ0v) is 19.2. The summed E-state index contributed by atoms with van der Waals surface area (Å²) in [5, 5.41) is 0. The summed E-state index contributed by atoms with van der Waals surface area (Å²) in [4.78, 5) is 19.9. The van der Waals surface area contributed by atoms with Crippen LogP contribution in [0.4, 0.5) is 0 Å². The maximum atomic E-state index is 5.10. The number of aryl methyl sites for hydroxylation is 1. The fourth-order valence-electron chi connectivity index (χ4n) is 5.57. The Labute approximate surface area is 186 Å². The van der Waals surface area contributed by atoms with Crippen LogP contribution in [0.5, 0.6) is 0 Å². The summed E-state index contributed by atoms with van der Waals surface area (Å²) in [7, 11) is 2.25. The van der Waals surface area contributed by atoms with Crippen molar-refractivity contribution in [1.82, 2.24) is 24.6 Å². The Balaban J connectivity index is 1.23. The average Bonchev–Trinajstić information content (AvgIpc) is 3.21. The third-order valence-corrected chi connectivity index (χ3v) is 7.32. The van der Waals surface area contributed by atoms with Crippen molar-refractivity contribution in [3.63, 3.8) is 0 Å². The molecule has 0 amide bonds. The lowest BCUT2D eigenvalue weighted by molar-refractivity contribution is 0.114. The SMILES string of the molecule is CC(C)N1CCN(C2=CC=CC3=NC(CN(C)C4CCCc5cccnc54)CN23)CC1. The van der Waals surface area contributed by atoms with E-state index in [0.29, 0.717) is 18.1 Å². The van der Waals surface area contributed by atoms with Gasteiger partial charge in [0.15, 0.2) is 0 Å². The number of hydrogen-bond donors (Lipinski definition) is 0. The lowest BCUT2D eigenvalue weighted by atomic mass is 9.91. The minimum Gasteiger partial charge on any atom is -0.355 e. The summed E-state index contributed by atoms with van der Waals surface area (Å²) in [6.45, 7) is 11.0. The zero-order valence-electron chi connectivity index (χ0n) is 19.2. The van der Waals surface area contributed by atoms with Gasteiger partial charge in [-0.05, 0) is 63.9 Å². The number of piperazine rings is 1. The maximum Gasteiger partial charge on any atom is 0.129 e. The Kier molecular flexibility index (Phi) is 5.85. The predicted molar refractivity (Wildman–Crippen MR) is 126 cm³/mol. The smallest absolute Gasteiger partial charge is 0.129 e. The van der Waals surface area contributed by atoms with E-state index >= 15 is 0 Å². The Hall–Kier alpha value is -2.18. The summed E-state index contributed by atoms with van der Waals surface area (Å²) in [5.74, 6) is 2.46. The monoisotopic (exact) mass is 420 g/mol. The minimum atomic E-state index is 0.303. The summed E-state index contributed by atoms with van der Waals surface area (Å²) >= 11 is 0. The fraction of sp³-hybridized carbons (Fsp3) is 0.600. The molecule has 0 bridgehead atoms. The van der Waals surface area contributed by atoms with Gasteiger partial charge >= 0.3 is 0 Å². The van der Waals surface area contributed by atoms with E-state index in [9.17, 15) is 0 Å². The van der Waals surface area contributed by atoms with Gasteiger partial charge in [-0.1, -0.05) is 12.1 Å². The standard InChI is InChI=1S/C25H36N6/c1-19(2)29-13-15-30(16-14-29)24-11-5-10-23-27-21(18-31(23)24)17-28(3)22-9-4-7-20-8-6-12-26-25(20)22/h5-6,8,10-12,19,21-22H,4,7,9,13-18H2,1-3H3. The molecule has 1 aliphatic carbocycles. The summed E-state index contributed by atoms with van der Waals surface area (Å²) in [6, 6.07) is 5.67. The van der Waals surface area contributed by atoms with Crippen molar-refractivity contribution in [2.45, 2.75) is 51.2 Å². The van der Waals surface area contributed by atoms with Crippen molar-refractivity contribution in [2.24, 2.45) is 4.99 Å². The maximum absolute atomic E-state index is 5.10. The lowest BCUT2D eigenvalue weighted by Crippen LogP contribution is -2.51. The second-order valence-corrected chi connectivity index (χ2v) is 9.65. The molecule has 1 aromatic heterocycles. The van der Waals surface area contributed by atoms with Crippen LogP contribution in [0.2, 0.25) is 0 Å². The highest BCUT2D eigenvalue weighted by atomic mass is 15.4. The number of likely N-dealkylation sites (N-methyl/N-ethyl adjacent to an activating group) is 1. The van der Waals surface area contributed by atoms with Crippen LogP contribution in [-0.4, -0.2) is 88.8 Å². The van der Waals surface area contributed by atoms with Gasteiger partial charge in [-0.25, -0.2) is 0 Å². The van der Waals surface area contributed by atoms with E-state index in [0.717, 1.165) is 51.5 Å². The molecular formula is C25H36N6. The molecule has 1 fully saturated rings. The van der Waals surface area contributed by atoms with Crippen molar-refractivity contribution in [2.75, 3.05) is 46.3 Å². The lowest BCUT2D eigenvalue weighted by Gasteiger charge is -2.42. The number of aromatic nitrogens is 1. The van der Waals surface area contributed by atoms with Crippen molar-refractivity contribution < 1.29 is 0 Å². The molecule has 5 rings (SSSR count). The summed E-state index contributed by atoms with van der Waals surface area (Å²) < 4.78 is 0. The van der Waals surface area contributed by atoms with Crippen LogP contribution in [0.15, 0.2) is 47.4 Å². The van der Waals surface area contributed by atoms with E-state index in [1.54, 1.807) is 0 Å². The second kappa shape index (κ2) is 8.75. The Bertz CT molecular complexity index is 880. The van der Waals surface area contributed by atoms with Crippen LogP contribution in [0.1, 0.15) is 44.0 Å². The molecule has 4 heterocycles. The van der Waals surface area contributed by atoms with Crippen LogP contribution in [0, 0.1) is 0 Å². The number of nitrogens with zero attached hydrogens (tertiary/aromatic N) is 6. The molecule has 0 N–H and O–H groups in total. The summed E-state index contributed by atoms with van der Waals surface area (Å²) in [6.07, 6.45) is 12.2. The van der Waals surface area contributed by atoms with Gasteiger partial charge < -0.3 is 9.80 Å². The van der Waals surface area contributed by atoms with E-state index in [1.807, 2.05) is 6.20 Å². The van der Waals surface area contributed by atoms with E-state index < -0.39 is 0 Å². The first-order valence-electron chi connectivity index (χ1n) is 12.0. The first kappa shape index (κ1) is 20.7. The molecule has 0 saturated carbocycles. The van der Waals surface area contributed by atoms with Gasteiger partial charge in [0, 0.05) is 51.5 Å². The van der Waals surface area contributed by atoms with Crippen LogP contribution < -0.4 is 0 Å². The largest absolute Gasteiger partial charge is 0.355 e. The third-order valence-electron chi connectivity index (χ3n) is 7.32. The number of fused-ring (bicyclic) bond motifs is 2. The highest BCUT2D eigenvalue weighted by Gasteiger charge is 2.34. The van der Waals surface area contributed by atoms with Crippen LogP contribution in [0.3, 0.4) is 0 Å². The van der Waals surface area contributed by atoms with E-state index in [-0.39, 0.29) is 0 Å². The molecule has 166 valence electrons. The highest BCUT2D eigenvalue weighted by molar-refractivity contribution is 5.96. The molecule has 3 aliphatic heterocycles. The number of rotatable bonds is 5. The third kappa shape index (κ3) is 4.15. The van der Waals surface area contributed by atoms with Gasteiger partial charge in [0.05, 0.1) is 17.8 Å². The first-order chi connectivity index (χ1) is 15.1. The molecule has 6 heteroatoms. The van der Waals surface area contributed by atoms with Crippen LogP contribution >= 0.6 is 0 Å². The van der Waals surface area contributed by atoms with E-state index in [2.05, 4.69) is 70.9 Å². The zero-order chi connectivity index (χ0) is 21.4. The number of pyridine rings is 1. The number of amidine groups is 1. The Morgan fingerprint density at radius 1 is 1.19 bits per heavy atom. The molecule has 1 saturated heterocycles. The Morgan fingerprint density at radius 2 is 2.03 bits per heavy atom. The van der Waals surface area contributed by atoms with Gasteiger partial charge in [0.2, 0.25) is 0 Å². The summed E-state index contributed by atoms with van der Waals surface area (Å²) in [5.41, 5.74) is 2.71. The number of aliphatic imine (C=N–C) groups is 1. The molecular weight excluding hydrogens is 384 g/mol. The minimum absolute atomic E-state index is 0.303. The topological polar surface area (TPSA) is 38.2 Å². The molecule has 2 atom stereocenters. The molecule has 0 aromatic carbocycles. The van der Waals surface area contributed by atoms with E-state index in [1.165, 1.54) is 29.9 Å². The van der Waals surface area contributed by atoms with Crippen molar-refractivity contribution in [1.29, 1.82) is 0 Å². The quantitative estimate of drug-likeness (QED) is 0.732. The molecule has 0 radical (unpaired) electrons. The van der Waals surface area contributed by atoms with Crippen molar-refractivity contribution in [3.8, 4) is 0 Å². The molecule has 4 aliphatic rings. The van der Waals surface area contributed by atoms with Crippen LogP contribution in [-0.2, 0) is 6.42 Å². The molecule has 6 nitrogen and oxygen atoms in total. The molecule has 1 aromatic rings. The normalized spacial score (nSPS) is 26.2. The van der Waals surface area contributed by atoms with Gasteiger partial charge in [-0.2, -0.15) is 0 Å². The van der Waals surface area contributed by atoms with Gasteiger partial charge in [0.25, 0.3) is 0 Å². The number of allylic oxidation sites excluding steroid dienone is 2. The van der Waals surface area contributed by atoms with Gasteiger partial charge in [-0.15, -0.1) is 0 Å².